The molecular weight excluding hydrogens is 330 g/mol. The SMILES string of the molecule is COc1ccc(Br)c(Cn2ccc3ccccc3c2=O)c1. The molecule has 0 bridgehead atoms. The summed E-state index contributed by atoms with van der Waals surface area (Å²) < 4.78 is 7.91. The zero-order chi connectivity index (χ0) is 14.8. The molecule has 21 heavy (non-hydrogen) atoms. The fourth-order valence-electron chi connectivity index (χ4n) is 2.34. The van der Waals surface area contributed by atoms with Gasteiger partial charge in [0.05, 0.1) is 13.7 Å². The number of hydrogen-bond donors (Lipinski definition) is 0. The van der Waals surface area contributed by atoms with Crippen molar-refractivity contribution in [1.29, 1.82) is 0 Å². The summed E-state index contributed by atoms with van der Waals surface area (Å²) in [6, 6.07) is 15.3. The minimum Gasteiger partial charge on any atom is -0.497 e. The molecule has 3 rings (SSSR count). The van der Waals surface area contributed by atoms with Crippen LogP contribution >= 0.6 is 15.9 Å². The molecule has 0 saturated heterocycles. The number of rotatable bonds is 3. The summed E-state index contributed by atoms with van der Waals surface area (Å²) in [7, 11) is 1.63. The predicted octanol–water partition coefficient (Wildman–Crippen LogP) is 3.82. The summed E-state index contributed by atoms with van der Waals surface area (Å²) in [5.41, 5.74) is 1.02. The summed E-state index contributed by atoms with van der Waals surface area (Å²) >= 11 is 3.52. The summed E-state index contributed by atoms with van der Waals surface area (Å²) in [5, 5.41) is 1.70. The molecule has 4 heteroatoms. The van der Waals surface area contributed by atoms with Crippen LogP contribution in [0.3, 0.4) is 0 Å². The van der Waals surface area contributed by atoms with Crippen LogP contribution in [-0.2, 0) is 6.54 Å². The first kappa shape index (κ1) is 13.9. The molecule has 1 heterocycles. The second-order valence-corrected chi connectivity index (χ2v) is 5.65. The molecule has 0 aliphatic rings. The lowest BCUT2D eigenvalue weighted by atomic mass is 10.1. The van der Waals surface area contributed by atoms with Crippen LogP contribution in [0.5, 0.6) is 5.75 Å². The van der Waals surface area contributed by atoms with Crippen LogP contribution in [-0.4, -0.2) is 11.7 Å². The smallest absolute Gasteiger partial charge is 0.258 e. The molecule has 0 radical (unpaired) electrons. The molecule has 0 unspecified atom stereocenters. The van der Waals surface area contributed by atoms with Gasteiger partial charge in [0, 0.05) is 16.1 Å². The highest BCUT2D eigenvalue weighted by molar-refractivity contribution is 9.10. The van der Waals surface area contributed by atoms with Gasteiger partial charge >= 0.3 is 0 Å². The number of halogens is 1. The zero-order valence-corrected chi connectivity index (χ0v) is 13.1. The molecule has 106 valence electrons. The quantitative estimate of drug-likeness (QED) is 0.723. The average molecular weight is 344 g/mol. The maximum absolute atomic E-state index is 12.5. The van der Waals surface area contributed by atoms with E-state index >= 15 is 0 Å². The van der Waals surface area contributed by atoms with E-state index in [9.17, 15) is 4.79 Å². The molecule has 3 nitrogen and oxygen atoms in total. The minimum atomic E-state index is 0.0165. The Bertz CT molecular complexity index is 855. The van der Waals surface area contributed by atoms with Crippen molar-refractivity contribution in [1.82, 2.24) is 4.57 Å². The highest BCUT2D eigenvalue weighted by Gasteiger charge is 2.06. The van der Waals surface area contributed by atoms with Crippen molar-refractivity contribution in [3.8, 4) is 5.75 Å². The number of pyridine rings is 1. The van der Waals surface area contributed by atoms with Crippen molar-refractivity contribution >= 4 is 26.7 Å². The molecular formula is C17H14BrNO2. The third-order valence-corrected chi connectivity index (χ3v) is 4.25. The lowest BCUT2D eigenvalue weighted by Crippen LogP contribution is -2.20. The Labute approximate surface area is 130 Å². The van der Waals surface area contributed by atoms with Crippen LogP contribution < -0.4 is 10.3 Å². The van der Waals surface area contributed by atoms with Crippen molar-refractivity contribution < 1.29 is 4.74 Å². The van der Waals surface area contributed by atoms with Crippen molar-refractivity contribution in [2.75, 3.05) is 7.11 Å². The fraction of sp³-hybridized carbons (Fsp3) is 0.118. The van der Waals surface area contributed by atoms with E-state index in [4.69, 9.17) is 4.74 Å². The van der Waals surface area contributed by atoms with Crippen LogP contribution in [0.2, 0.25) is 0 Å². The molecule has 0 N–H and O–H groups in total. The lowest BCUT2D eigenvalue weighted by molar-refractivity contribution is 0.414. The third-order valence-electron chi connectivity index (χ3n) is 3.48. The van der Waals surface area contributed by atoms with Crippen molar-refractivity contribution in [3.05, 3.63) is 75.1 Å². The maximum atomic E-state index is 12.5. The van der Waals surface area contributed by atoms with E-state index in [1.807, 2.05) is 54.7 Å². The topological polar surface area (TPSA) is 31.2 Å². The maximum Gasteiger partial charge on any atom is 0.258 e. The molecule has 0 aliphatic carbocycles. The average Bonchev–Trinajstić information content (AvgIpc) is 2.52. The Morgan fingerprint density at radius 2 is 1.95 bits per heavy atom. The van der Waals surface area contributed by atoms with E-state index in [-0.39, 0.29) is 5.56 Å². The molecule has 2 aromatic carbocycles. The summed E-state index contributed by atoms with van der Waals surface area (Å²) in [6.07, 6.45) is 1.83. The van der Waals surface area contributed by atoms with E-state index in [1.54, 1.807) is 11.7 Å². The first-order valence-electron chi connectivity index (χ1n) is 6.59. The van der Waals surface area contributed by atoms with Crippen LogP contribution in [0, 0.1) is 0 Å². The van der Waals surface area contributed by atoms with E-state index in [0.717, 1.165) is 26.6 Å². The van der Waals surface area contributed by atoms with E-state index < -0.39 is 0 Å². The number of nitrogens with zero attached hydrogens (tertiary/aromatic N) is 1. The molecule has 3 aromatic rings. The number of hydrogen-bond acceptors (Lipinski definition) is 2. The Morgan fingerprint density at radius 3 is 2.76 bits per heavy atom. The number of fused-ring (bicyclic) bond motifs is 1. The molecule has 0 atom stereocenters. The second kappa shape index (κ2) is 5.74. The monoisotopic (exact) mass is 343 g/mol. The normalized spacial score (nSPS) is 10.8. The van der Waals surface area contributed by atoms with Gasteiger partial charge in [-0.15, -0.1) is 0 Å². The van der Waals surface area contributed by atoms with Gasteiger partial charge in [-0.1, -0.05) is 34.1 Å². The van der Waals surface area contributed by atoms with Crippen molar-refractivity contribution in [2.24, 2.45) is 0 Å². The number of benzene rings is 2. The second-order valence-electron chi connectivity index (χ2n) is 4.79. The lowest BCUT2D eigenvalue weighted by Gasteiger charge is -2.10. The standard InChI is InChI=1S/C17H14BrNO2/c1-21-14-6-7-16(18)13(10-14)11-19-9-8-12-4-2-3-5-15(12)17(19)20/h2-10H,11H2,1H3. The Kier molecular flexibility index (Phi) is 3.80. The van der Waals surface area contributed by atoms with Crippen molar-refractivity contribution in [3.63, 3.8) is 0 Å². The summed E-state index contributed by atoms with van der Waals surface area (Å²) in [4.78, 5) is 12.5. The molecule has 1 aromatic heterocycles. The zero-order valence-electron chi connectivity index (χ0n) is 11.5. The van der Waals surface area contributed by atoms with Gasteiger partial charge in [-0.25, -0.2) is 0 Å². The van der Waals surface area contributed by atoms with E-state index in [2.05, 4.69) is 15.9 Å². The number of ether oxygens (including phenoxy) is 1. The van der Waals surface area contributed by atoms with Gasteiger partial charge in [0.2, 0.25) is 0 Å². The number of aromatic nitrogens is 1. The minimum absolute atomic E-state index is 0.0165. The third kappa shape index (κ3) is 2.72. The van der Waals surface area contributed by atoms with Gasteiger partial charge in [0.1, 0.15) is 5.75 Å². The van der Waals surface area contributed by atoms with Gasteiger partial charge < -0.3 is 9.30 Å². The first-order chi connectivity index (χ1) is 10.2. The van der Waals surface area contributed by atoms with Crippen LogP contribution in [0.4, 0.5) is 0 Å². The number of methoxy groups -OCH3 is 1. The van der Waals surface area contributed by atoms with E-state index in [0.29, 0.717) is 6.54 Å². The Hall–Kier alpha value is -2.07. The molecule has 0 aliphatic heterocycles. The van der Waals surface area contributed by atoms with E-state index in [1.165, 1.54) is 0 Å². The van der Waals surface area contributed by atoms with Gasteiger partial charge in [0.25, 0.3) is 5.56 Å². The highest BCUT2D eigenvalue weighted by atomic mass is 79.9. The summed E-state index contributed by atoms with van der Waals surface area (Å²) in [6.45, 7) is 0.501. The summed E-state index contributed by atoms with van der Waals surface area (Å²) in [5.74, 6) is 0.780. The molecule has 0 saturated carbocycles. The van der Waals surface area contributed by atoms with Crippen molar-refractivity contribution in [2.45, 2.75) is 6.54 Å². The highest BCUT2D eigenvalue weighted by Crippen LogP contribution is 2.23. The van der Waals surface area contributed by atoms with Crippen LogP contribution in [0.15, 0.2) is 64.0 Å². The largest absolute Gasteiger partial charge is 0.497 e. The fourth-order valence-corrected chi connectivity index (χ4v) is 2.71. The molecule has 0 fully saturated rings. The Morgan fingerprint density at radius 1 is 1.14 bits per heavy atom. The first-order valence-corrected chi connectivity index (χ1v) is 7.39. The van der Waals surface area contributed by atoms with Gasteiger partial charge in [-0.2, -0.15) is 0 Å². The van der Waals surface area contributed by atoms with Gasteiger partial charge in [-0.05, 0) is 41.3 Å². The van der Waals surface area contributed by atoms with Gasteiger partial charge in [-0.3, -0.25) is 4.79 Å². The van der Waals surface area contributed by atoms with Gasteiger partial charge in [0.15, 0.2) is 0 Å². The van der Waals surface area contributed by atoms with Crippen LogP contribution in [0.25, 0.3) is 10.8 Å². The predicted molar refractivity (Wildman–Crippen MR) is 88.0 cm³/mol. The Balaban J connectivity index is 2.06. The van der Waals surface area contributed by atoms with Crippen LogP contribution in [0.1, 0.15) is 5.56 Å². The molecule has 0 amide bonds. The molecule has 0 spiro atoms.